The highest BCUT2D eigenvalue weighted by atomic mass is 16.1. The van der Waals surface area contributed by atoms with Crippen molar-refractivity contribution in [3.8, 4) is 0 Å². The van der Waals surface area contributed by atoms with Gasteiger partial charge in [0.05, 0.1) is 0 Å². The van der Waals surface area contributed by atoms with E-state index in [2.05, 4.69) is 20.1 Å². The van der Waals surface area contributed by atoms with Crippen LogP contribution in [0.3, 0.4) is 0 Å². The van der Waals surface area contributed by atoms with Crippen LogP contribution in [0.5, 0.6) is 0 Å². The molecule has 2 N–H and O–H groups in total. The first-order valence-electron chi connectivity index (χ1n) is 4.92. The summed E-state index contributed by atoms with van der Waals surface area (Å²) in [7, 11) is 0. The number of ketones is 2. The third-order valence-corrected chi connectivity index (χ3v) is 2.10. The number of nitrogens with zero attached hydrogens (tertiary/aromatic N) is 4. The van der Waals surface area contributed by atoms with Crippen LogP contribution in [-0.4, -0.2) is 24.7 Å². The molecule has 1 aromatic rings. The zero-order chi connectivity index (χ0) is 13.4. The summed E-state index contributed by atoms with van der Waals surface area (Å²) in [5, 5.41) is 6.55. The van der Waals surface area contributed by atoms with Crippen LogP contribution in [0.4, 0.5) is 0 Å². The average molecular weight is 246 g/mol. The fourth-order valence-corrected chi connectivity index (χ4v) is 1.22. The normalized spacial score (nSPS) is 8.89. The summed E-state index contributed by atoms with van der Waals surface area (Å²) in [6.45, 7) is -0.381. The Morgan fingerprint density at radius 3 is 1.50 bits per heavy atom. The number of Topliss-reactive ketones (excluding diaryl/α,β-unsaturated/α-hetero) is 2. The van der Waals surface area contributed by atoms with Gasteiger partial charge in [-0.1, -0.05) is 24.3 Å². The van der Waals surface area contributed by atoms with E-state index in [9.17, 15) is 9.59 Å². The van der Waals surface area contributed by atoms with Gasteiger partial charge in [-0.2, -0.15) is 0 Å². The summed E-state index contributed by atoms with van der Waals surface area (Å²) in [4.78, 5) is 28.4. The van der Waals surface area contributed by atoms with E-state index in [4.69, 9.17) is 11.1 Å². The van der Waals surface area contributed by atoms with Crippen LogP contribution < -0.4 is 9.82 Å². The molecule has 18 heavy (non-hydrogen) atoms. The zero-order valence-corrected chi connectivity index (χ0v) is 9.33. The first-order chi connectivity index (χ1) is 8.69. The first kappa shape index (κ1) is 13.2. The first-order valence-corrected chi connectivity index (χ1v) is 4.92. The zero-order valence-electron chi connectivity index (χ0n) is 9.33. The van der Waals surface area contributed by atoms with Gasteiger partial charge in [0.15, 0.2) is 24.7 Å². The highest BCUT2D eigenvalue weighted by Crippen LogP contribution is 2.06. The second-order valence-corrected chi connectivity index (χ2v) is 3.22. The highest BCUT2D eigenvalue weighted by Gasteiger charge is 2.11. The number of benzene rings is 1. The predicted octanol–water partition coefficient (Wildman–Crippen LogP) is 1.15. The van der Waals surface area contributed by atoms with E-state index in [1.165, 1.54) is 24.3 Å². The van der Waals surface area contributed by atoms with Gasteiger partial charge in [0.1, 0.15) is 21.3 Å². The third-order valence-electron chi connectivity index (χ3n) is 2.10. The predicted molar refractivity (Wildman–Crippen MR) is 59.4 cm³/mol. The lowest BCUT2D eigenvalue weighted by Gasteiger charge is -1.98. The summed E-state index contributed by atoms with van der Waals surface area (Å²) in [6.07, 6.45) is 0. The molecule has 0 heterocycles. The molecule has 0 unspecified atom stereocenters. The summed E-state index contributed by atoms with van der Waals surface area (Å²) in [5.74, 6) is -0.563. The van der Waals surface area contributed by atoms with Crippen molar-refractivity contribution >= 4 is 11.6 Å². The molecule has 0 aromatic heterocycles. The molecule has 0 saturated carbocycles. The van der Waals surface area contributed by atoms with Crippen molar-refractivity contribution in [2.75, 3.05) is 13.1 Å². The second-order valence-electron chi connectivity index (χ2n) is 3.22. The fourth-order valence-electron chi connectivity index (χ4n) is 1.22. The molecule has 0 aliphatic rings. The number of carbonyl (C=O) groups excluding carboxylic acids is 2. The van der Waals surface area contributed by atoms with Crippen LogP contribution in [0.1, 0.15) is 20.7 Å². The van der Waals surface area contributed by atoms with Gasteiger partial charge >= 0.3 is 0 Å². The SMILES string of the molecule is N=[N+]=NCC(=O)c1ccc(C(=O)CN=[N+]=N)cc1. The molecule has 90 valence electrons. The summed E-state index contributed by atoms with van der Waals surface area (Å²) in [6, 6.07) is 5.97. The Morgan fingerprint density at radius 2 is 1.22 bits per heavy atom. The minimum atomic E-state index is -0.282. The van der Waals surface area contributed by atoms with Crippen LogP contribution >= 0.6 is 0 Å². The summed E-state index contributed by atoms with van der Waals surface area (Å²) in [5.41, 5.74) is 13.7. The standard InChI is InChI=1S/C10H10N6O2/c11-15-13-5-9(17)7-1-2-8(4-3-7)10(18)6-14-16-12/h1-4,11-12H,5-6H2/q+2. The third kappa shape index (κ3) is 3.64. The molecule has 0 amide bonds. The van der Waals surface area contributed by atoms with Gasteiger partial charge in [0, 0.05) is 11.1 Å². The molecule has 0 radical (unpaired) electrons. The van der Waals surface area contributed by atoms with Crippen LogP contribution in [-0.2, 0) is 0 Å². The highest BCUT2D eigenvalue weighted by molar-refractivity contribution is 6.01. The van der Waals surface area contributed by atoms with E-state index in [1.54, 1.807) is 0 Å². The monoisotopic (exact) mass is 246 g/mol. The largest absolute Gasteiger partial charge is 0.292 e. The van der Waals surface area contributed by atoms with Crippen molar-refractivity contribution in [2.24, 2.45) is 10.2 Å². The van der Waals surface area contributed by atoms with Gasteiger partial charge in [0.2, 0.25) is 9.82 Å². The minimum absolute atomic E-state index is 0.191. The van der Waals surface area contributed by atoms with Crippen molar-refractivity contribution in [3.05, 3.63) is 35.4 Å². The van der Waals surface area contributed by atoms with Gasteiger partial charge in [-0.3, -0.25) is 9.59 Å². The number of hydrogen-bond acceptors (Lipinski definition) is 6. The van der Waals surface area contributed by atoms with E-state index in [0.29, 0.717) is 11.1 Å². The van der Waals surface area contributed by atoms with E-state index >= 15 is 0 Å². The molecule has 1 aromatic carbocycles. The van der Waals surface area contributed by atoms with Crippen molar-refractivity contribution in [3.63, 3.8) is 0 Å². The number of carbonyl (C=O) groups is 2. The van der Waals surface area contributed by atoms with Gasteiger partial charge in [-0.05, 0) is 0 Å². The average Bonchev–Trinajstić information content (AvgIpc) is 2.42. The Hall–Kier alpha value is -2.82. The van der Waals surface area contributed by atoms with E-state index < -0.39 is 0 Å². The smallest absolute Gasteiger partial charge is 0.214 e. The number of rotatable bonds is 6. The van der Waals surface area contributed by atoms with Crippen molar-refractivity contribution in [2.45, 2.75) is 0 Å². The molecule has 8 nitrogen and oxygen atoms in total. The lowest BCUT2D eigenvalue weighted by Crippen LogP contribution is -2.06. The molecule has 1 rings (SSSR count). The topological polar surface area (TPSA) is 135 Å². The Bertz CT molecular complexity index is 501. The fraction of sp³-hybridized carbons (Fsp3) is 0.200. The van der Waals surface area contributed by atoms with Crippen LogP contribution in [0.25, 0.3) is 0 Å². The molecule has 0 bridgehead atoms. The molecular weight excluding hydrogens is 236 g/mol. The van der Waals surface area contributed by atoms with Gasteiger partial charge in [0.25, 0.3) is 0 Å². The molecule has 0 atom stereocenters. The minimum Gasteiger partial charge on any atom is -0.292 e. The molecule has 0 spiro atoms. The second kappa shape index (κ2) is 6.70. The van der Waals surface area contributed by atoms with Gasteiger partial charge in [-0.15, -0.1) is 0 Å². The van der Waals surface area contributed by atoms with Crippen LogP contribution in [0, 0.1) is 11.1 Å². The Morgan fingerprint density at radius 1 is 0.889 bits per heavy atom. The molecule has 0 fully saturated rings. The van der Waals surface area contributed by atoms with Crippen LogP contribution in [0.2, 0.25) is 0 Å². The summed E-state index contributed by atoms with van der Waals surface area (Å²) < 4.78 is 0. The maximum atomic E-state index is 11.5. The van der Waals surface area contributed by atoms with E-state index in [1.807, 2.05) is 0 Å². The lowest BCUT2D eigenvalue weighted by molar-refractivity contribution is 0.0988. The lowest BCUT2D eigenvalue weighted by atomic mass is 10.1. The molecule has 0 saturated heterocycles. The van der Waals surface area contributed by atoms with E-state index in [0.717, 1.165) is 0 Å². The van der Waals surface area contributed by atoms with Crippen molar-refractivity contribution < 1.29 is 9.59 Å². The number of hydrogen-bond donors (Lipinski definition) is 2. The molecule has 0 aliphatic heterocycles. The van der Waals surface area contributed by atoms with Crippen molar-refractivity contribution in [1.29, 1.82) is 11.1 Å². The summed E-state index contributed by atoms with van der Waals surface area (Å²) >= 11 is 0. The molecule has 8 heteroatoms. The van der Waals surface area contributed by atoms with Gasteiger partial charge < -0.3 is 0 Å². The Labute approximate surface area is 101 Å². The number of nitrogens with one attached hydrogen (secondary N) is 2. The maximum absolute atomic E-state index is 11.5. The quantitative estimate of drug-likeness (QED) is 0.442. The maximum Gasteiger partial charge on any atom is 0.214 e. The van der Waals surface area contributed by atoms with Crippen molar-refractivity contribution in [1.82, 2.24) is 9.82 Å². The van der Waals surface area contributed by atoms with Crippen LogP contribution in [0.15, 0.2) is 34.5 Å². The molecule has 0 aliphatic carbocycles. The van der Waals surface area contributed by atoms with Gasteiger partial charge in [-0.25, -0.2) is 0 Å². The van der Waals surface area contributed by atoms with E-state index in [-0.39, 0.29) is 24.7 Å². The molecular formula is C10H10N6O2+2. The Balaban J connectivity index is 2.79. The Kier molecular flexibility index (Phi) is 4.93.